The lowest BCUT2D eigenvalue weighted by atomic mass is 9.85. The fourth-order valence-electron chi connectivity index (χ4n) is 3.22. The Balaban J connectivity index is 1.81. The molecule has 0 spiro atoms. The highest BCUT2D eigenvalue weighted by Gasteiger charge is 2.38. The molecule has 5 nitrogen and oxygen atoms in total. The average Bonchev–Trinajstić information content (AvgIpc) is 2.71. The number of rotatable bonds is 4. The van der Waals surface area contributed by atoms with Gasteiger partial charge in [-0.05, 0) is 32.1 Å². The zero-order valence-corrected chi connectivity index (χ0v) is 10.9. The summed E-state index contributed by atoms with van der Waals surface area (Å²) in [6, 6.07) is 0.244. The van der Waals surface area contributed by atoms with E-state index in [1.807, 2.05) is 6.92 Å². The summed E-state index contributed by atoms with van der Waals surface area (Å²) < 4.78 is 0. The van der Waals surface area contributed by atoms with Crippen LogP contribution in [0.25, 0.3) is 0 Å². The maximum atomic E-state index is 12.1. The Morgan fingerprint density at radius 3 is 2.78 bits per heavy atom. The second-order valence-corrected chi connectivity index (χ2v) is 5.69. The first kappa shape index (κ1) is 13.3. The number of carbonyl (C=O) groups excluding carboxylic acids is 2. The summed E-state index contributed by atoms with van der Waals surface area (Å²) in [7, 11) is 0. The molecule has 5 heteroatoms. The highest BCUT2D eigenvalue weighted by atomic mass is 16.2. The smallest absolute Gasteiger partial charge is 0.237 e. The molecular formula is C13H23N3O2. The Kier molecular flexibility index (Phi) is 4.22. The molecule has 102 valence electrons. The molecule has 4 N–H and O–H groups in total. The molecule has 0 aromatic heterocycles. The quantitative estimate of drug-likeness (QED) is 0.673. The zero-order chi connectivity index (χ0) is 13.1. The number of hydrogen-bond donors (Lipinski definition) is 3. The van der Waals surface area contributed by atoms with E-state index >= 15 is 0 Å². The van der Waals surface area contributed by atoms with Crippen LogP contribution >= 0.6 is 0 Å². The predicted molar refractivity (Wildman–Crippen MR) is 68.7 cm³/mol. The van der Waals surface area contributed by atoms with Crippen molar-refractivity contribution in [2.75, 3.05) is 0 Å². The minimum atomic E-state index is -0.379. The van der Waals surface area contributed by atoms with Gasteiger partial charge < -0.3 is 16.4 Å². The Morgan fingerprint density at radius 1 is 1.39 bits per heavy atom. The molecule has 1 aliphatic heterocycles. The van der Waals surface area contributed by atoms with Crippen molar-refractivity contribution in [3.8, 4) is 0 Å². The average molecular weight is 253 g/mol. The van der Waals surface area contributed by atoms with E-state index in [0.29, 0.717) is 12.0 Å². The summed E-state index contributed by atoms with van der Waals surface area (Å²) >= 11 is 0. The van der Waals surface area contributed by atoms with E-state index in [4.69, 9.17) is 5.73 Å². The molecular weight excluding hydrogens is 230 g/mol. The first-order valence-electron chi connectivity index (χ1n) is 6.91. The SMILES string of the molecule is CC(CC(N)=O)NC(=O)C1CC2CCCCC2N1. The summed E-state index contributed by atoms with van der Waals surface area (Å²) in [4.78, 5) is 22.8. The van der Waals surface area contributed by atoms with Crippen LogP contribution in [0.4, 0.5) is 0 Å². The van der Waals surface area contributed by atoms with Crippen LogP contribution in [0.5, 0.6) is 0 Å². The lowest BCUT2D eigenvalue weighted by Crippen LogP contribution is -2.46. The topological polar surface area (TPSA) is 84.2 Å². The Labute approximate surface area is 108 Å². The summed E-state index contributed by atoms with van der Waals surface area (Å²) in [6.07, 6.45) is 6.10. The number of fused-ring (bicyclic) bond motifs is 1. The minimum absolute atomic E-state index is 0.0122. The first-order chi connectivity index (χ1) is 8.56. The van der Waals surface area contributed by atoms with Crippen LogP contribution in [-0.4, -0.2) is 29.9 Å². The van der Waals surface area contributed by atoms with Gasteiger partial charge in [0.25, 0.3) is 0 Å². The molecule has 4 unspecified atom stereocenters. The molecule has 1 heterocycles. The number of hydrogen-bond acceptors (Lipinski definition) is 3. The van der Waals surface area contributed by atoms with Gasteiger partial charge in [-0.3, -0.25) is 9.59 Å². The van der Waals surface area contributed by atoms with Gasteiger partial charge >= 0.3 is 0 Å². The van der Waals surface area contributed by atoms with Gasteiger partial charge in [-0.25, -0.2) is 0 Å². The number of nitrogens with one attached hydrogen (secondary N) is 2. The number of amides is 2. The van der Waals surface area contributed by atoms with Crippen molar-refractivity contribution in [2.45, 2.75) is 63.6 Å². The van der Waals surface area contributed by atoms with Crippen LogP contribution in [-0.2, 0) is 9.59 Å². The Hall–Kier alpha value is -1.10. The van der Waals surface area contributed by atoms with Crippen LogP contribution in [0, 0.1) is 5.92 Å². The van der Waals surface area contributed by atoms with Crippen LogP contribution in [0.2, 0.25) is 0 Å². The standard InChI is InChI=1S/C13H23N3O2/c1-8(6-12(14)17)15-13(18)11-7-9-4-2-3-5-10(9)16-11/h8-11,16H,2-7H2,1H3,(H2,14,17)(H,15,18). The number of nitrogens with two attached hydrogens (primary N) is 1. The normalized spacial score (nSPS) is 32.6. The molecule has 0 bridgehead atoms. The molecule has 0 aromatic carbocycles. The van der Waals surface area contributed by atoms with E-state index < -0.39 is 0 Å². The van der Waals surface area contributed by atoms with Crippen LogP contribution < -0.4 is 16.4 Å². The van der Waals surface area contributed by atoms with Gasteiger partial charge in [0.2, 0.25) is 11.8 Å². The molecule has 4 atom stereocenters. The maximum absolute atomic E-state index is 12.1. The largest absolute Gasteiger partial charge is 0.370 e. The van der Waals surface area contributed by atoms with Gasteiger partial charge in [0, 0.05) is 18.5 Å². The van der Waals surface area contributed by atoms with Gasteiger partial charge in [0.1, 0.15) is 0 Å². The van der Waals surface area contributed by atoms with Gasteiger partial charge in [0.15, 0.2) is 0 Å². The molecule has 2 fully saturated rings. The first-order valence-corrected chi connectivity index (χ1v) is 6.91. The van der Waals surface area contributed by atoms with Crippen LogP contribution in [0.15, 0.2) is 0 Å². The van der Waals surface area contributed by atoms with Crippen molar-refractivity contribution in [1.82, 2.24) is 10.6 Å². The van der Waals surface area contributed by atoms with E-state index in [-0.39, 0.29) is 30.3 Å². The molecule has 1 saturated carbocycles. The van der Waals surface area contributed by atoms with Gasteiger partial charge in [-0.15, -0.1) is 0 Å². The fraction of sp³-hybridized carbons (Fsp3) is 0.846. The van der Waals surface area contributed by atoms with E-state index in [9.17, 15) is 9.59 Å². The molecule has 1 aliphatic carbocycles. The van der Waals surface area contributed by atoms with Crippen molar-refractivity contribution in [1.29, 1.82) is 0 Å². The summed E-state index contributed by atoms with van der Waals surface area (Å²) in [6.45, 7) is 1.81. The summed E-state index contributed by atoms with van der Waals surface area (Å²) in [5, 5.41) is 6.28. The van der Waals surface area contributed by atoms with Crippen LogP contribution in [0.3, 0.4) is 0 Å². The number of primary amides is 1. The monoisotopic (exact) mass is 253 g/mol. The molecule has 2 rings (SSSR count). The van der Waals surface area contributed by atoms with Crippen molar-refractivity contribution in [3.05, 3.63) is 0 Å². The van der Waals surface area contributed by atoms with Crippen LogP contribution in [0.1, 0.15) is 45.4 Å². The van der Waals surface area contributed by atoms with Gasteiger partial charge in [-0.1, -0.05) is 12.8 Å². The second-order valence-electron chi connectivity index (χ2n) is 5.69. The molecule has 0 radical (unpaired) electrons. The minimum Gasteiger partial charge on any atom is -0.370 e. The van der Waals surface area contributed by atoms with Crippen molar-refractivity contribution in [3.63, 3.8) is 0 Å². The lowest BCUT2D eigenvalue weighted by Gasteiger charge is -2.24. The summed E-state index contributed by atoms with van der Waals surface area (Å²) in [5.41, 5.74) is 5.11. The van der Waals surface area contributed by atoms with E-state index in [2.05, 4.69) is 10.6 Å². The highest BCUT2D eigenvalue weighted by molar-refractivity contribution is 5.83. The van der Waals surface area contributed by atoms with E-state index in [1.165, 1.54) is 25.7 Å². The second kappa shape index (κ2) is 5.69. The molecule has 18 heavy (non-hydrogen) atoms. The third-order valence-corrected chi connectivity index (χ3v) is 4.08. The molecule has 0 aromatic rings. The maximum Gasteiger partial charge on any atom is 0.237 e. The Bertz CT molecular complexity index is 318. The van der Waals surface area contributed by atoms with E-state index in [1.54, 1.807) is 0 Å². The third kappa shape index (κ3) is 3.22. The lowest BCUT2D eigenvalue weighted by molar-refractivity contribution is -0.124. The van der Waals surface area contributed by atoms with Crippen molar-refractivity contribution in [2.24, 2.45) is 11.7 Å². The van der Waals surface area contributed by atoms with Gasteiger partial charge in [-0.2, -0.15) is 0 Å². The molecule has 2 aliphatic rings. The zero-order valence-electron chi connectivity index (χ0n) is 10.9. The highest BCUT2D eigenvalue weighted by Crippen LogP contribution is 2.33. The number of carbonyl (C=O) groups is 2. The van der Waals surface area contributed by atoms with Gasteiger partial charge in [0.05, 0.1) is 6.04 Å². The molecule has 2 amide bonds. The van der Waals surface area contributed by atoms with Crippen molar-refractivity contribution >= 4 is 11.8 Å². The molecule has 1 saturated heterocycles. The predicted octanol–water partition coefficient (Wildman–Crippen LogP) is 0.287. The summed E-state index contributed by atoms with van der Waals surface area (Å²) in [5.74, 6) is 0.287. The fourth-order valence-corrected chi connectivity index (χ4v) is 3.22. The van der Waals surface area contributed by atoms with E-state index in [0.717, 1.165) is 6.42 Å². The van der Waals surface area contributed by atoms with Crippen molar-refractivity contribution < 1.29 is 9.59 Å². The Morgan fingerprint density at radius 2 is 2.11 bits per heavy atom. The third-order valence-electron chi connectivity index (χ3n) is 4.08.